The van der Waals surface area contributed by atoms with E-state index >= 15 is 0 Å². The summed E-state index contributed by atoms with van der Waals surface area (Å²) in [6.45, 7) is 3.40. The van der Waals surface area contributed by atoms with Crippen molar-refractivity contribution in [1.29, 1.82) is 0 Å². The van der Waals surface area contributed by atoms with Gasteiger partial charge in [-0.25, -0.2) is 19.3 Å². The molecule has 3 atom stereocenters. The van der Waals surface area contributed by atoms with Crippen molar-refractivity contribution in [3.63, 3.8) is 0 Å². The molecule has 3 aromatic rings. The minimum atomic E-state index is -1.62. The van der Waals surface area contributed by atoms with Crippen molar-refractivity contribution >= 4 is 17.8 Å². The third-order valence-corrected chi connectivity index (χ3v) is 5.79. The van der Waals surface area contributed by atoms with Gasteiger partial charge in [-0.2, -0.15) is 0 Å². The third-order valence-electron chi connectivity index (χ3n) is 5.79. The number of carbonyl (C=O) groups excluding carboxylic acids is 3. The van der Waals surface area contributed by atoms with E-state index in [2.05, 4.69) is 16.0 Å². The Morgan fingerprint density at radius 1 is 1.08 bits per heavy atom. The molecular formula is C26H24N4O6. The van der Waals surface area contributed by atoms with Gasteiger partial charge in [-0.05, 0) is 38.1 Å². The van der Waals surface area contributed by atoms with Crippen LogP contribution in [0.1, 0.15) is 55.1 Å². The van der Waals surface area contributed by atoms with Gasteiger partial charge in [0.25, 0.3) is 5.91 Å². The minimum absolute atomic E-state index is 0.0610. The number of hydrogen-bond donors (Lipinski definition) is 1. The average Bonchev–Trinajstić information content (AvgIpc) is 3.49. The number of esters is 2. The summed E-state index contributed by atoms with van der Waals surface area (Å²) in [6.07, 6.45) is 5.30. The second-order valence-corrected chi connectivity index (χ2v) is 8.46. The van der Waals surface area contributed by atoms with Gasteiger partial charge < -0.3 is 19.9 Å². The van der Waals surface area contributed by atoms with Crippen molar-refractivity contribution in [3.05, 3.63) is 82.9 Å². The number of rotatable bonds is 7. The lowest BCUT2D eigenvalue weighted by Crippen LogP contribution is -2.45. The Hall–Kier alpha value is -4.49. The quantitative estimate of drug-likeness (QED) is 0.396. The molecule has 1 aliphatic rings. The molecule has 1 aromatic heterocycles. The maximum Gasteiger partial charge on any atom is 0.338 e. The molecule has 1 unspecified atom stereocenters. The van der Waals surface area contributed by atoms with Crippen molar-refractivity contribution < 1.29 is 28.6 Å². The van der Waals surface area contributed by atoms with Crippen LogP contribution in [0.2, 0.25) is 0 Å². The number of benzene rings is 2. The Kier molecular flexibility index (Phi) is 6.85. The number of carbonyl (C=O) groups is 3. The van der Waals surface area contributed by atoms with Gasteiger partial charge in [-0.1, -0.05) is 41.3 Å². The molecule has 1 amide bonds. The molecule has 2 N–H and O–H groups in total. The fourth-order valence-corrected chi connectivity index (χ4v) is 3.70. The molecule has 0 saturated carbocycles. The summed E-state index contributed by atoms with van der Waals surface area (Å²) >= 11 is 0. The smallest absolute Gasteiger partial charge is 0.338 e. The van der Waals surface area contributed by atoms with E-state index in [9.17, 15) is 14.4 Å². The first-order valence-corrected chi connectivity index (χ1v) is 11.1. The van der Waals surface area contributed by atoms with Crippen LogP contribution in [0, 0.1) is 26.2 Å². The molecule has 0 aliphatic carbocycles. The summed E-state index contributed by atoms with van der Waals surface area (Å²) < 4.78 is 18.6. The first-order chi connectivity index (χ1) is 17.2. The van der Waals surface area contributed by atoms with E-state index in [1.54, 1.807) is 48.5 Å². The topological polar surface area (TPSA) is 136 Å². The second-order valence-electron chi connectivity index (χ2n) is 8.46. The zero-order chi connectivity index (χ0) is 25.9. The van der Waals surface area contributed by atoms with Crippen molar-refractivity contribution in [3.8, 4) is 12.3 Å². The van der Waals surface area contributed by atoms with E-state index < -0.39 is 42.4 Å². The van der Waals surface area contributed by atoms with E-state index in [-0.39, 0.29) is 12.2 Å². The molecule has 1 fully saturated rings. The molecule has 184 valence electrons. The predicted molar refractivity (Wildman–Crippen MR) is 127 cm³/mol. The van der Waals surface area contributed by atoms with Gasteiger partial charge in [-0.15, -0.1) is 11.5 Å². The molecule has 10 nitrogen and oxygen atoms in total. The Balaban J connectivity index is 1.58. The van der Waals surface area contributed by atoms with E-state index in [0.29, 0.717) is 11.1 Å². The van der Waals surface area contributed by atoms with E-state index in [1.165, 1.54) is 11.0 Å². The molecule has 0 radical (unpaired) electrons. The monoisotopic (exact) mass is 488 g/mol. The van der Waals surface area contributed by atoms with Crippen LogP contribution in [-0.2, 0) is 14.2 Å². The third kappa shape index (κ3) is 5.11. The van der Waals surface area contributed by atoms with Crippen molar-refractivity contribution in [2.75, 3.05) is 6.61 Å². The summed E-state index contributed by atoms with van der Waals surface area (Å²) in [5, 5.41) is 4.01. The van der Waals surface area contributed by atoms with Crippen molar-refractivity contribution in [1.82, 2.24) is 14.8 Å². The van der Waals surface area contributed by atoms with E-state index in [1.807, 2.05) is 13.8 Å². The average molecular weight is 489 g/mol. The van der Waals surface area contributed by atoms with Gasteiger partial charge in [0.1, 0.15) is 12.9 Å². The predicted octanol–water partition coefficient (Wildman–Crippen LogP) is 2.37. The highest BCUT2D eigenvalue weighted by molar-refractivity contribution is 5.90. The van der Waals surface area contributed by atoms with Crippen LogP contribution in [0.3, 0.4) is 0 Å². The Morgan fingerprint density at radius 3 is 2.19 bits per heavy atom. The number of amides is 1. The molecule has 2 aromatic carbocycles. The van der Waals surface area contributed by atoms with Crippen molar-refractivity contribution in [2.24, 2.45) is 5.73 Å². The molecule has 1 saturated heterocycles. The minimum Gasteiger partial charge on any atom is -0.458 e. The summed E-state index contributed by atoms with van der Waals surface area (Å²) in [4.78, 5) is 40.8. The van der Waals surface area contributed by atoms with Crippen LogP contribution in [0.4, 0.5) is 0 Å². The highest BCUT2D eigenvalue weighted by atomic mass is 16.6. The largest absolute Gasteiger partial charge is 0.458 e. The Morgan fingerprint density at radius 2 is 1.67 bits per heavy atom. The molecule has 2 heterocycles. The van der Waals surface area contributed by atoms with Crippen LogP contribution in [0.15, 0.2) is 54.9 Å². The molecule has 10 heteroatoms. The van der Waals surface area contributed by atoms with E-state index in [0.717, 1.165) is 11.1 Å². The van der Waals surface area contributed by atoms with Crippen LogP contribution in [0.25, 0.3) is 0 Å². The molecule has 1 aliphatic heterocycles. The fourth-order valence-electron chi connectivity index (χ4n) is 3.70. The van der Waals surface area contributed by atoms with Gasteiger partial charge in [0.15, 0.2) is 12.3 Å². The van der Waals surface area contributed by atoms with Gasteiger partial charge in [0.2, 0.25) is 11.4 Å². The second kappa shape index (κ2) is 10.0. The molecule has 0 spiro atoms. The fraction of sp³-hybridized carbons (Fsp3) is 0.269. The van der Waals surface area contributed by atoms with E-state index in [4.69, 9.17) is 26.4 Å². The number of terminal acetylenes is 1. The summed E-state index contributed by atoms with van der Waals surface area (Å²) in [6, 6.07) is 13.7. The normalized spacial score (nSPS) is 20.9. The summed E-state index contributed by atoms with van der Waals surface area (Å²) in [5.41, 5.74) is 6.24. The van der Waals surface area contributed by atoms with Crippen LogP contribution in [0.5, 0.6) is 0 Å². The van der Waals surface area contributed by atoms with Crippen molar-refractivity contribution in [2.45, 2.75) is 38.2 Å². The molecule has 0 bridgehead atoms. The Labute approximate surface area is 207 Å². The first kappa shape index (κ1) is 24.6. The highest BCUT2D eigenvalue weighted by Crippen LogP contribution is 2.39. The summed E-state index contributed by atoms with van der Waals surface area (Å²) in [7, 11) is 0. The summed E-state index contributed by atoms with van der Waals surface area (Å²) in [5.74, 6) is 0.247. The number of nitrogens with two attached hydrogens (primary N) is 1. The number of hydrogen-bond acceptors (Lipinski definition) is 8. The number of aromatic nitrogens is 3. The highest BCUT2D eigenvalue weighted by Gasteiger charge is 2.52. The standard InChI is InChI=1S/C26H24N4O6/c1-4-26(14-34-24(32)18-9-5-16(2)6-10-18)20(35-25(33)19-11-7-17(3)8-12-19)13-21(36-26)30-15-28-23(29-30)22(27)31/h1,5-12,15,20-21H,13-14H2,2-3H3,(H2,27,31)/t20-,21?,26+/m0/s1. The zero-order valence-corrected chi connectivity index (χ0v) is 19.7. The lowest BCUT2D eigenvalue weighted by atomic mass is 9.98. The van der Waals surface area contributed by atoms with Gasteiger partial charge in [-0.3, -0.25) is 4.79 Å². The molecule has 36 heavy (non-hydrogen) atoms. The number of ether oxygens (including phenoxy) is 3. The zero-order valence-electron chi connectivity index (χ0n) is 19.7. The first-order valence-electron chi connectivity index (χ1n) is 11.1. The van der Waals surface area contributed by atoms with Gasteiger partial charge in [0.05, 0.1) is 11.1 Å². The maximum atomic E-state index is 12.9. The maximum absolute atomic E-state index is 12.9. The van der Waals surface area contributed by atoms with Crippen LogP contribution >= 0.6 is 0 Å². The van der Waals surface area contributed by atoms with Crippen LogP contribution < -0.4 is 5.73 Å². The SMILES string of the molecule is C#C[C@]1(COC(=O)c2ccc(C)cc2)OC(n2cnc(C(N)=O)n2)C[C@@H]1OC(=O)c1ccc(C)cc1. The molecular weight excluding hydrogens is 464 g/mol. The lowest BCUT2D eigenvalue weighted by molar-refractivity contribution is -0.100. The number of aryl methyl sites for hydroxylation is 2. The van der Waals surface area contributed by atoms with Gasteiger partial charge in [0, 0.05) is 6.42 Å². The Bertz CT molecular complexity index is 1330. The van der Waals surface area contributed by atoms with Crippen LogP contribution in [-0.4, -0.2) is 50.9 Å². The van der Waals surface area contributed by atoms with Gasteiger partial charge >= 0.3 is 11.9 Å². The molecule has 4 rings (SSSR count). The lowest BCUT2D eigenvalue weighted by Gasteiger charge is -2.28. The number of primary amides is 1. The number of nitrogens with zero attached hydrogens (tertiary/aromatic N) is 3.